The summed E-state index contributed by atoms with van der Waals surface area (Å²) in [7, 11) is 0. The van der Waals surface area contributed by atoms with Gasteiger partial charge in [-0.2, -0.15) is 0 Å². The average Bonchev–Trinajstić information content (AvgIpc) is 2.18. The molecular weight excluding hydrogens is 176 g/mol. The van der Waals surface area contributed by atoms with Crippen LogP contribution in [0, 0.1) is 17.8 Å². The second kappa shape index (κ2) is 6.48. The summed E-state index contributed by atoms with van der Waals surface area (Å²) in [6, 6.07) is 0. The first-order valence-electron chi connectivity index (χ1n) is 5.38. The molecular formula is C12H18O2. The number of hydrogen-bond acceptors (Lipinski definition) is 2. The molecule has 0 atom stereocenters. The summed E-state index contributed by atoms with van der Waals surface area (Å²) in [5.41, 5.74) is 0. The van der Waals surface area contributed by atoms with Crippen molar-refractivity contribution in [3.63, 3.8) is 0 Å². The summed E-state index contributed by atoms with van der Waals surface area (Å²) in [4.78, 5) is 10.4. The topological polar surface area (TPSA) is 26.3 Å². The van der Waals surface area contributed by atoms with Crippen LogP contribution in [0.5, 0.6) is 0 Å². The van der Waals surface area contributed by atoms with E-state index in [0.717, 1.165) is 12.3 Å². The van der Waals surface area contributed by atoms with Gasteiger partial charge in [0.15, 0.2) is 6.61 Å². The Morgan fingerprint density at radius 2 is 2.00 bits per heavy atom. The Balaban J connectivity index is 2.08. The molecule has 1 saturated carbocycles. The fraction of sp³-hybridized carbons (Fsp3) is 0.750. The molecule has 14 heavy (non-hydrogen) atoms. The molecule has 0 heterocycles. The van der Waals surface area contributed by atoms with Gasteiger partial charge >= 0.3 is 5.97 Å². The molecule has 0 bridgehead atoms. The molecule has 0 N–H and O–H groups in total. The van der Waals surface area contributed by atoms with Gasteiger partial charge in [-0.15, -0.1) is 0 Å². The predicted octanol–water partition coefficient (Wildman–Crippen LogP) is 2.52. The van der Waals surface area contributed by atoms with Crippen LogP contribution in [-0.2, 0) is 9.53 Å². The van der Waals surface area contributed by atoms with E-state index in [0.29, 0.717) is 0 Å². The molecule has 0 aromatic carbocycles. The van der Waals surface area contributed by atoms with Gasteiger partial charge in [0, 0.05) is 13.3 Å². The molecule has 1 fully saturated rings. The molecule has 2 heteroatoms. The third-order valence-corrected chi connectivity index (χ3v) is 2.59. The number of esters is 1. The molecule has 0 saturated heterocycles. The van der Waals surface area contributed by atoms with E-state index in [-0.39, 0.29) is 12.6 Å². The zero-order valence-electron chi connectivity index (χ0n) is 8.84. The van der Waals surface area contributed by atoms with Crippen LogP contribution in [0.15, 0.2) is 0 Å². The Labute approximate surface area is 86.0 Å². The summed E-state index contributed by atoms with van der Waals surface area (Å²) in [6.07, 6.45) is 7.72. The Bertz CT molecular complexity index is 228. The fourth-order valence-electron chi connectivity index (χ4n) is 1.80. The summed E-state index contributed by atoms with van der Waals surface area (Å²) >= 11 is 0. The minimum atomic E-state index is -0.253. The molecule has 0 radical (unpaired) electrons. The van der Waals surface area contributed by atoms with Crippen LogP contribution in [-0.4, -0.2) is 12.6 Å². The maximum Gasteiger partial charge on any atom is 0.303 e. The summed E-state index contributed by atoms with van der Waals surface area (Å²) in [6.45, 7) is 1.66. The zero-order chi connectivity index (χ0) is 10.2. The number of carbonyl (C=O) groups is 1. The smallest absolute Gasteiger partial charge is 0.303 e. The zero-order valence-corrected chi connectivity index (χ0v) is 8.84. The van der Waals surface area contributed by atoms with Gasteiger partial charge in [-0.05, 0) is 18.8 Å². The molecule has 1 rings (SSSR count). The second-order valence-electron chi connectivity index (χ2n) is 3.84. The average molecular weight is 194 g/mol. The quantitative estimate of drug-likeness (QED) is 0.498. The van der Waals surface area contributed by atoms with E-state index in [9.17, 15) is 4.79 Å². The first-order valence-corrected chi connectivity index (χ1v) is 5.38. The number of rotatable bonds is 2. The second-order valence-corrected chi connectivity index (χ2v) is 3.84. The van der Waals surface area contributed by atoms with Gasteiger partial charge < -0.3 is 4.74 Å². The van der Waals surface area contributed by atoms with Crippen LogP contribution < -0.4 is 0 Å². The summed E-state index contributed by atoms with van der Waals surface area (Å²) in [5.74, 6) is 6.49. The highest BCUT2D eigenvalue weighted by Gasteiger charge is 2.11. The van der Waals surface area contributed by atoms with E-state index in [2.05, 4.69) is 11.8 Å². The van der Waals surface area contributed by atoms with Crippen molar-refractivity contribution in [1.29, 1.82) is 0 Å². The van der Waals surface area contributed by atoms with E-state index in [1.54, 1.807) is 0 Å². The Kier molecular flexibility index (Phi) is 5.14. The molecule has 0 unspecified atom stereocenters. The predicted molar refractivity (Wildman–Crippen MR) is 55.6 cm³/mol. The normalized spacial score (nSPS) is 16.9. The van der Waals surface area contributed by atoms with Gasteiger partial charge in [0.2, 0.25) is 0 Å². The van der Waals surface area contributed by atoms with Crippen molar-refractivity contribution in [2.75, 3.05) is 6.61 Å². The Morgan fingerprint density at radius 1 is 1.29 bits per heavy atom. The summed E-state index contributed by atoms with van der Waals surface area (Å²) < 4.78 is 4.72. The largest absolute Gasteiger partial charge is 0.453 e. The molecule has 0 aliphatic heterocycles. The van der Waals surface area contributed by atoms with Gasteiger partial charge in [0.05, 0.1) is 0 Å². The maximum absolute atomic E-state index is 10.4. The summed E-state index contributed by atoms with van der Waals surface area (Å²) in [5, 5.41) is 0. The molecule has 0 aromatic rings. The van der Waals surface area contributed by atoms with Crippen molar-refractivity contribution in [2.24, 2.45) is 5.92 Å². The van der Waals surface area contributed by atoms with Crippen molar-refractivity contribution >= 4 is 5.97 Å². The highest BCUT2D eigenvalue weighted by Crippen LogP contribution is 2.25. The molecule has 1 aliphatic rings. The Hall–Kier alpha value is -0.970. The van der Waals surface area contributed by atoms with Gasteiger partial charge in [-0.3, -0.25) is 4.79 Å². The van der Waals surface area contributed by atoms with E-state index in [1.807, 2.05) is 0 Å². The van der Waals surface area contributed by atoms with E-state index in [4.69, 9.17) is 4.74 Å². The lowest BCUT2D eigenvalue weighted by atomic mass is 9.87. The lowest BCUT2D eigenvalue weighted by molar-refractivity contribution is -0.139. The lowest BCUT2D eigenvalue weighted by Gasteiger charge is -2.18. The van der Waals surface area contributed by atoms with Crippen molar-refractivity contribution in [3.05, 3.63) is 0 Å². The SMILES string of the molecule is CC(=O)OCC#CCC1CCCCC1. The minimum Gasteiger partial charge on any atom is -0.453 e. The third kappa shape index (κ3) is 4.91. The van der Waals surface area contributed by atoms with E-state index in [1.165, 1.54) is 39.0 Å². The van der Waals surface area contributed by atoms with Crippen LogP contribution in [0.25, 0.3) is 0 Å². The van der Waals surface area contributed by atoms with Crippen LogP contribution in [0.2, 0.25) is 0 Å². The van der Waals surface area contributed by atoms with Crippen molar-refractivity contribution in [1.82, 2.24) is 0 Å². The van der Waals surface area contributed by atoms with Crippen LogP contribution in [0.4, 0.5) is 0 Å². The van der Waals surface area contributed by atoms with Crippen molar-refractivity contribution in [3.8, 4) is 11.8 Å². The van der Waals surface area contributed by atoms with Crippen molar-refractivity contribution < 1.29 is 9.53 Å². The molecule has 0 spiro atoms. The molecule has 78 valence electrons. The van der Waals surface area contributed by atoms with Gasteiger partial charge in [0.25, 0.3) is 0 Å². The monoisotopic (exact) mass is 194 g/mol. The number of hydrogen-bond donors (Lipinski definition) is 0. The van der Waals surface area contributed by atoms with Gasteiger partial charge in [-0.25, -0.2) is 0 Å². The fourth-order valence-corrected chi connectivity index (χ4v) is 1.80. The van der Waals surface area contributed by atoms with Crippen LogP contribution >= 0.6 is 0 Å². The number of carbonyl (C=O) groups excluding carboxylic acids is 1. The first kappa shape index (κ1) is 11.1. The minimum absolute atomic E-state index is 0.252. The van der Waals surface area contributed by atoms with E-state index < -0.39 is 0 Å². The third-order valence-electron chi connectivity index (χ3n) is 2.59. The number of ether oxygens (including phenoxy) is 1. The standard InChI is InChI=1S/C12H18O2/c1-11(13)14-10-6-5-9-12-7-3-2-4-8-12/h12H,2-4,7-10H2,1H3. The Morgan fingerprint density at radius 3 is 2.64 bits per heavy atom. The van der Waals surface area contributed by atoms with Crippen molar-refractivity contribution in [2.45, 2.75) is 45.4 Å². The highest BCUT2D eigenvalue weighted by atomic mass is 16.5. The maximum atomic E-state index is 10.4. The van der Waals surface area contributed by atoms with Gasteiger partial charge in [-0.1, -0.05) is 31.1 Å². The van der Waals surface area contributed by atoms with E-state index >= 15 is 0 Å². The highest BCUT2D eigenvalue weighted by molar-refractivity contribution is 5.66. The van der Waals surface area contributed by atoms with Crippen LogP contribution in [0.1, 0.15) is 45.4 Å². The van der Waals surface area contributed by atoms with Crippen LogP contribution in [0.3, 0.4) is 0 Å². The lowest BCUT2D eigenvalue weighted by Crippen LogP contribution is -2.05. The molecule has 2 nitrogen and oxygen atoms in total. The van der Waals surface area contributed by atoms with Gasteiger partial charge in [0.1, 0.15) is 0 Å². The molecule has 0 aromatic heterocycles. The molecule has 1 aliphatic carbocycles. The first-order chi connectivity index (χ1) is 6.79. The molecule has 0 amide bonds.